The standard InChI is InChI=1S/C26H35N3O4S/c1-4-6-7-8-17-32-22-15-11-21(12-16-22)25(31)27-26(34)29-28-24(30)18-33-23-13-9-20(10-14-23)19(3)5-2/h9-16,19H,4-8,17-18H2,1-3H3,(H,28,30)(H2,27,29,31,34). The first-order valence-electron chi connectivity index (χ1n) is 11.8. The summed E-state index contributed by atoms with van der Waals surface area (Å²) in [6, 6.07) is 14.5. The van der Waals surface area contributed by atoms with Gasteiger partial charge in [0, 0.05) is 5.56 Å². The maximum atomic E-state index is 12.3. The van der Waals surface area contributed by atoms with Gasteiger partial charge in [-0.1, -0.05) is 52.2 Å². The van der Waals surface area contributed by atoms with Crippen LogP contribution in [0.25, 0.3) is 0 Å². The van der Waals surface area contributed by atoms with Crippen LogP contribution < -0.4 is 25.6 Å². The number of ether oxygens (including phenoxy) is 2. The molecule has 2 aromatic carbocycles. The second-order valence-corrected chi connectivity index (χ2v) is 8.47. The number of nitrogens with one attached hydrogen (secondary N) is 3. The fourth-order valence-electron chi connectivity index (χ4n) is 3.07. The predicted octanol–water partition coefficient (Wildman–Crippen LogP) is 4.87. The molecule has 0 aliphatic carbocycles. The Morgan fingerprint density at radius 1 is 0.882 bits per heavy atom. The molecule has 1 unspecified atom stereocenters. The van der Waals surface area contributed by atoms with Crippen LogP contribution in [0, 0.1) is 0 Å². The van der Waals surface area contributed by atoms with Crippen molar-refractivity contribution in [3.05, 3.63) is 59.7 Å². The van der Waals surface area contributed by atoms with E-state index in [-0.39, 0.29) is 17.6 Å². The van der Waals surface area contributed by atoms with Gasteiger partial charge in [-0.05, 0) is 72.9 Å². The highest BCUT2D eigenvalue weighted by molar-refractivity contribution is 7.80. The molecule has 0 aliphatic rings. The fourth-order valence-corrected chi connectivity index (χ4v) is 3.21. The smallest absolute Gasteiger partial charge is 0.276 e. The second-order valence-electron chi connectivity index (χ2n) is 8.06. The first kappa shape index (κ1) is 27.1. The van der Waals surface area contributed by atoms with Crippen molar-refractivity contribution in [3.8, 4) is 11.5 Å². The molecule has 0 aromatic heterocycles. The number of thiocarbonyl (C=S) groups is 1. The Morgan fingerprint density at radius 3 is 2.18 bits per heavy atom. The zero-order valence-corrected chi connectivity index (χ0v) is 21.0. The van der Waals surface area contributed by atoms with Gasteiger partial charge in [0.2, 0.25) is 0 Å². The Bertz CT molecular complexity index is 917. The Morgan fingerprint density at radius 2 is 1.53 bits per heavy atom. The normalized spacial score (nSPS) is 11.3. The van der Waals surface area contributed by atoms with Crippen LogP contribution in [0.4, 0.5) is 0 Å². The molecule has 0 saturated heterocycles. The molecule has 184 valence electrons. The van der Waals surface area contributed by atoms with E-state index in [1.807, 2.05) is 24.3 Å². The third kappa shape index (κ3) is 9.79. The zero-order chi connectivity index (χ0) is 24.8. The summed E-state index contributed by atoms with van der Waals surface area (Å²) in [5.41, 5.74) is 6.56. The van der Waals surface area contributed by atoms with E-state index in [2.05, 4.69) is 36.9 Å². The van der Waals surface area contributed by atoms with E-state index in [0.29, 0.717) is 23.8 Å². The minimum atomic E-state index is -0.428. The van der Waals surface area contributed by atoms with Crippen molar-refractivity contribution in [3.63, 3.8) is 0 Å². The molecule has 0 bridgehead atoms. The second kappa shape index (κ2) is 14.9. The molecule has 2 amide bonds. The number of hydrogen-bond donors (Lipinski definition) is 3. The van der Waals surface area contributed by atoms with Crippen LogP contribution in [0.3, 0.4) is 0 Å². The molecule has 0 radical (unpaired) electrons. The molecule has 1 atom stereocenters. The van der Waals surface area contributed by atoms with Crippen molar-refractivity contribution in [2.45, 2.75) is 58.8 Å². The van der Waals surface area contributed by atoms with Crippen LogP contribution in [0.15, 0.2) is 48.5 Å². The first-order chi connectivity index (χ1) is 16.4. The Hall–Kier alpha value is -3.13. The highest BCUT2D eigenvalue weighted by Gasteiger charge is 2.10. The summed E-state index contributed by atoms with van der Waals surface area (Å²) in [6.45, 7) is 6.94. The predicted molar refractivity (Wildman–Crippen MR) is 138 cm³/mol. The number of rotatable bonds is 12. The Kier molecular flexibility index (Phi) is 11.9. The molecule has 3 N–H and O–H groups in total. The van der Waals surface area contributed by atoms with Gasteiger partial charge in [0.25, 0.3) is 11.8 Å². The van der Waals surface area contributed by atoms with Gasteiger partial charge in [-0.2, -0.15) is 0 Å². The number of carbonyl (C=O) groups excluding carboxylic acids is 2. The van der Waals surface area contributed by atoms with E-state index >= 15 is 0 Å². The van der Waals surface area contributed by atoms with Gasteiger partial charge in [-0.25, -0.2) is 0 Å². The molecule has 7 nitrogen and oxygen atoms in total. The SMILES string of the molecule is CCCCCCOc1ccc(C(=O)NC(=S)NNC(=O)COc2ccc(C(C)CC)cc2)cc1. The number of amides is 2. The summed E-state index contributed by atoms with van der Waals surface area (Å²) in [5, 5.41) is 2.50. The summed E-state index contributed by atoms with van der Waals surface area (Å²) in [4.78, 5) is 24.3. The number of hydrazine groups is 1. The van der Waals surface area contributed by atoms with Crippen molar-refractivity contribution < 1.29 is 19.1 Å². The molecule has 34 heavy (non-hydrogen) atoms. The molecular formula is C26H35N3O4S. The maximum Gasteiger partial charge on any atom is 0.276 e. The van der Waals surface area contributed by atoms with Crippen LogP contribution in [0.1, 0.15) is 74.7 Å². The largest absolute Gasteiger partial charge is 0.494 e. The minimum Gasteiger partial charge on any atom is -0.494 e. The molecule has 8 heteroatoms. The third-order valence-corrected chi connectivity index (χ3v) is 5.56. The van der Waals surface area contributed by atoms with Crippen LogP contribution in [-0.2, 0) is 4.79 Å². The van der Waals surface area contributed by atoms with E-state index in [0.717, 1.165) is 25.0 Å². The van der Waals surface area contributed by atoms with Crippen molar-refractivity contribution in [2.75, 3.05) is 13.2 Å². The molecule has 0 aliphatic heterocycles. The Labute approximate surface area is 207 Å². The molecular weight excluding hydrogens is 450 g/mol. The number of hydrogen-bond acceptors (Lipinski definition) is 5. The highest BCUT2D eigenvalue weighted by atomic mass is 32.1. The average molecular weight is 486 g/mol. The number of carbonyl (C=O) groups is 2. The summed E-state index contributed by atoms with van der Waals surface area (Å²) < 4.78 is 11.2. The zero-order valence-electron chi connectivity index (χ0n) is 20.2. The lowest BCUT2D eigenvalue weighted by Crippen LogP contribution is -2.49. The minimum absolute atomic E-state index is 0.0208. The average Bonchev–Trinajstić information content (AvgIpc) is 2.86. The van der Waals surface area contributed by atoms with Gasteiger partial charge in [0.05, 0.1) is 6.61 Å². The molecule has 0 heterocycles. The van der Waals surface area contributed by atoms with Gasteiger partial charge in [0.1, 0.15) is 11.5 Å². The summed E-state index contributed by atoms with van der Waals surface area (Å²) in [7, 11) is 0. The first-order valence-corrected chi connectivity index (χ1v) is 12.2. The summed E-state index contributed by atoms with van der Waals surface area (Å²) >= 11 is 5.07. The number of benzene rings is 2. The van der Waals surface area contributed by atoms with E-state index < -0.39 is 5.91 Å². The van der Waals surface area contributed by atoms with Crippen LogP contribution in [-0.4, -0.2) is 30.1 Å². The monoisotopic (exact) mass is 485 g/mol. The van der Waals surface area contributed by atoms with Crippen molar-refractivity contribution in [2.24, 2.45) is 0 Å². The maximum absolute atomic E-state index is 12.3. The fraction of sp³-hybridized carbons (Fsp3) is 0.423. The highest BCUT2D eigenvalue weighted by Crippen LogP contribution is 2.21. The lowest BCUT2D eigenvalue weighted by atomic mass is 9.99. The molecule has 0 spiro atoms. The van der Waals surface area contributed by atoms with Gasteiger partial charge in [0.15, 0.2) is 11.7 Å². The van der Waals surface area contributed by atoms with Crippen LogP contribution >= 0.6 is 12.2 Å². The van der Waals surface area contributed by atoms with E-state index in [4.69, 9.17) is 21.7 Å². The van der Waals surface area contributed by atoms with Gasteiger partial charge in [-0.3, -0.25) is 25.8 Å². The summed E-state index contributed by atoms with van der Waals surface area (Å²) in [6.07, 6.45) is 5.61. The lowest BCUT2D eigenvalue weighted by Gasteiger charge is -2.12. The van der Waals surface area contributed by atoms with Gasteiger partial charge in [-0.15, -0.1) is 0 Å². The van der Waals surface area contributed by atoms with Crippen molar-refractivity contribution in [1.82, 2.24) is 16.2 Å². The van der Waals surface area contributed by atoms with Gasteiger partial charge >= 0.3 is 0 Å². The van der Waals surface area contributed by atoms with Crippen LogP contribution in [0.2, 0.25) is 0 Å². The summed E-state index contributed by atoms with van der Waals surface area (Å²) in [5.74, 6) is 0.980. The molecule has 0 saturated carbocycles. The molecule has 2 rings (SSSR count). The third-order valence-electron chi connectivity index (χ3n) is 5.36. The quantitative estimate of drug-likeness (QED) is 0.226. The van der Waals surface area contributed by atoms with E-state index in [1.165, 1.54) is 18.4 Å². The topological polar surface area (TPSA) is 88.7 Å². The van der Waals surface area contributed by atoms with Crippen LogP contribution in [0.5, 0.6) is 11.5 Å². The van der Waals surface area contributed by atoms with Crippen molar-refractivity contribution >= 4 is 29.1 Å². The van der Waals surface area contributed by atoms with Crippen molar-refractivity contribution in [1.29, 1.82) is 0 Å². The lowest BCUT2D eigenvalue weighted by molar-refractivity contribution is -0.123. The van der Waals surface area contributed by atoms with E-state index in [1.54, 1.807) is 24.3 Å². The van der Waals surface area contributed by atoms with E-state index in [9.17, 15) is 9.59 Å². The number of unbranched alkanes of at least 4 members (excludes halogenated alkanes) is 3. The molecule has 0 fully saturated rings. The van der Waals surface area contributed by atoms with Gasteiger partial charge < -0.3 is 9.47 Å². The molecule has 2 aromatic rings. The Balaban J connectivity index is 1.67.